The lowest BCUT2D eigenvalue weighted by molar-refractivity contribution is -0.142. The Hall–Kier alpha value is -7.43. The van der Waals surface area contributed by atoms with Gasteiger partial charge in [-0.15, -0.1) is 16.4 Å². The molecule has 8 aromatic rings. The minimum atomic E-state index is -0.979. The quantitative estimate of drug-likeness (QED) is 0.0476. The predicted molar refractivity (Wildman–Crippen MR) is 301 cm³/mol. The van der Waals surface area contributed by atoms with Crippen molar-refractivity contribution in [2.24, 2.45) is 5.92 Å². The van der Waals surface area contributed by atoms with Crippen LogP contribution in [0.25, 0.3) is 54.6 Å². The van der Waals surface area contributed by atoms with Crippen LogP contribution in [0.5, 0.6) is 11.8 Å². The molecule has 4 aromatic carbocycles. The summed E-state index contributed by atoms with van der Waals surface area (Å²) in [5.74, 6) is -0.128. The summed E-state index contributed by atoms with van der Waals surface area (Å²) in [5, 5.41) is 49.3. The van der Waals surface area contributed by atoms with Crippen molar-refractivity contribution in [3.8, 4) is 44.6 Å². The maximum absolute atomic E-state index is 16.1. The Balaban J connectivity index is 0.819. The third-order valence-electron chi connectivity index (χ3n) is 16.0. The summed E-state index contributed by atoms with van der Waals surface area (Å²) in [5.41, 5.74) is 10.6. The largest absolute Gasteiger partial charge is 0.486 e. The van der Waals surface area contributed by atoms with Crippen LogP contribution in [0.2, 0.25) is 0 Å². The van der Waals surface area contributed by atoms with Gasteiger partial charge in [0.15, 0.2) is 5.75 Å². The van der Waals surface area contributed by atoms with Crippen LogP contribution in [0.1, 0.15) is 98.3 Å². The van der Waals surface area contributed by atoms with Crippen LogP contribution >= 0.6 is 11.3 Å². The van der Waals surface area contributed by atoms with E-state index in [0.717, 1.165) is 81.5 Å². The third-order valence-corrected chi connectivity index (χ3v) is 17.0. The zero-order valence-electron chi connectivity index (χ0n) is 45.1. The average molecular weight is 1110 g/mol. The second kappa shape index (κ2) is 22.6. The first-order valence-corrected chi connectivity index (χ1v) is 28.5. The topological polar surface area (TPSA) is 240 Å². The number of anilines is 1. The maximum atomic E-state index is 16.1. The normalized spacial score (nSPS) is 19.5. The molecule has 4 fully saturated rings. The SMILES string of the molecule is Cc1ncsc1-c1ccc([C@H](CO)NC(=O)[C@@H]2C[C@@H](O)CN2C(=O)[C@H](C(C)C)n2cc(-c3ccc(COc4c(-c5c(C)c(F)cc6[nH]ncc56)c(C5CC5)cc5c(N[C@H]6CCNC6)nc(OC6CCOCC6)nc45)cc3)nn2)cc1. The highest BCUT2D eigenvalue weighted by atomic mass is 32.1. The van der Waals surface area contributed by atoms with Gasteiger partial charge in [-0.3, -0.25) is 14.7 Å². The van der Waals surface area contributed by atoms with Crippen molar-refractivity contribution < 1.29 is 38.4 Å². The molecule has 0 unspecified atom stereocenters. The van der Waals surface area contributed by atoms with Crippen molar-refractivity contribution >= 4 is 50.8 Å². The van der Waals surface area contributed by atoms with Crippen LogP contribution in [0.4, 0.5) is 10.2 Å². The lowest BCUT2D eigenvalue weighted by atomic mass is 9.88. The molecule has 2 amide bonds. The molecular weight excluding hydrogens is 1040 g/mol. The standard InChI is InChI=1S/C59H65FN12O7S/c1-31(2)53(58(76)71-26-40(74)21-49(71)57(75)65-48(28-73)37-11-13-38(14-12-37)55-33(4)62-30-80-55)72-27-47(69-70-72)36-7-5-34(6-8-36)29-78-54-51(50-32(3)45(60)23-46-44(50)25-63-68-46)42(35-9-10-35)22-43-52(54)66-59(79-41-16-19-77-20-17-41)67-56(43)64-39-15-18-61-24-39/h5-8,11-14,22-23,25,27,30-31,35,39-41,48-49,53,61,73-74H,9-10,15-21,24,26,28-29H2,1-4H3,(H,63,68)(H,65,75)(H,64,66,67)/t39-,40+,48-,49-,53-/m0/s1. The Kier molecular flexibility index (Phi) is 15.0. The summed E-state index contributed by atoms with van der Waals surface area (Å²) in [6.45, 7) is 10.1. The van der Waals surface area contributed by atoms with Gasteiger partial charge in [-0.05, 0) is 91.4 Å². The number of β-amino-alcohol motifs (C(OH)–C–C–N with tert-alkyl or cyclic N) is 1. The average Bonchev–Trinajstić information content (AvgIpc) is 4.12. The van der Waals surface area contributed by atoms with E-state index in [2.05, 4.69) is 47.5 Å². The van der Waals surface area contributed by atoms with E-state index in [-0.39, 0.29) is 67.9 Å². The molecule has 5 atom stereocenters. The Morgan fingerprint density at radius 1 is 0.975 bits per heavy atom. The third kappa shape index (κ3) is 10.7. The van der Waals surface area contributed by atoms with Gasteiger partial charge in [0.05, 0.1) is 66.0 Å². The van der Waals surface area contributed by atoms with Crippen molar-refractivity contribution in [3.05, 3.63) is 112 Å². The van der Waals surface area contributed by atoms with Gasteiger partial charge in [-0.2, -0.15) is 15.1 Å². The van der Waals surface area contributed by atoms with E-state index in [4.69, 9.17) is 24.2 Å². The molecule has 0 spiro atoms. The molecule has 7 heterocycles. The second-order valence-corrected chi connectivity index (χ2v) is 22.8. The molecule has 12 rings (SSSR count). The Bertz CT molecular complexity index is 3550. The Morgan fingerprint density at radius 2 is 1.76 bits per heavy atom. The number of aliphatic hydroxyl groups excluding tert-OH is 2. The molecule has 6 N–H and O–H groups in total. The van der Waals surface area contributed by atoms with Gasteiger partial charge in [-0.25, -0.2) is 14.1 Å². The number of hydrogen-bond acceptors (Lipinski definition) is 16. The number of ether oxygens (including phenoxy) is 3. The van der Waals surface area contributed by atoms with Crippen molar-refractivity contribution in [1.29, 1.82) is 0 Å². The first kappa shape index (κ1) is 53.2. The summed E-state index contributed by atoms with van der Waals surface area (Å²) in [6, 6.07) is 16.8. The predicted octanol–water partition coefficient (Wildman–Crippen LogP) is 8.11. The number of halogens is 1. The van der Waals surface area contributed by atoms with Gasteiger partial charge in [0, 0.05) is 65.9 Å². The van der Waals surface area contributed by atoms with Crippen molar-refractivity contribution in [3.63, 3.8) is 0 Å². The lowest BCUT2D eigenvalue weighted by Gasteiger charge is -2.30. The first-order chi connectivity index (χ1) is 38.9. The van der Waals surface area contributed by atoms with Crippen LogP contribution in [-0.2, 0) is 20.9 Å². The fourth-order valence-electron chi connectivity index (χ4n) is 11.5. The number of benzene rings is 4. The number of nitrogens with zero attached hydrogens (tertiary/aromatic N) is 8. The van der Waals surface area contributed by atoms with E-state index in [1.54, 1.807) is 36.2 Å². The van der Waals surface area contributed by atoms with Crippen LogP contribution in [0.15, 0.2) is 78.6 Å². The molecule has 80 heavy (non-hydrogen) atoms. The molecule has 19 nitrogen and oxygen atoms in total. The zero-order chi connectivity index (χ0) is 55.2. The van der Waals surface area contributed by atoms with E-state index in [1.165, 1.54) is 15.6 Å². The van der Waals surface area contributed by atoms with Crippen LogP contribution in [0, 0.1) is 25.6 Å². The summed E-state index contributed by atoms with van der Waals surface area (Å²) in [4.78, 5) is 45.6. The van der Waals surface area contributed by atoms with E-state index in [9.17, 15) is 19.8 Å². The number of aromatic nitrogens is 8. The van der Waals surface area contributed by atoms with Gasteiger partial charge in [0.2, 0.25) is 11.8 Å². The van der Waals surface area contributed by atoms with Crippen LogP contribution in [-0.4, -0.2) is 131 Å². The molecule has 3 saturated heterocycles. The number of aromatic amines is 1. The van der Waals surface area contributed by atoms with Gasteiger partial charge in [0.25, 0.3) is 0 Å². The summed E-state index contributed by atoms with van der Waals surface area (Å²) < 4.78 is 36.9. The second-order valence-electron chi connectivity index (χ2n) is 21.9. The maximum Gasteiger partial charge on any atom is 0.319 e. The molecule has 21 heteroatoms. The number of amides is 2. The summed E-state index contributed by atoms with van der Waals surface area (Å²) in [7, 11) is 0. The molecule has 1 aliphatic carbocycles. The van der Waals surface area contributed by atoms with Gasteiger partial charge >= 0.3 is 6.01 Å². The number of thiazole rings is 1. The fourth-order valence-corrected chi connectivity index (χ4v) is 12.3. The highest BCUT2D eigenvalue weighted by molar-refractivity contribution is 7.13. The van der Waals surface area contributed by atoms with E-state index >= 15 is 4.39 Å². The fraction of sp³-hybridized carbons (Fsp3) is 0.424. The Labute approximate surface area is 465 Å². The summed E-state index contributed by atoms with van der Waals surface area (Å²) in [6.07, 6.45) is 6.73. The number of likely N-dealkylation sites (tertiary alicyclic amines) is 1. The number of nitrogens with one attached hydrogen (secondary N) is 4. The highest BCUT2D eigenvalue weighted by Gasteiger charge is 2.43. The number of hydrogen-bond donors (Lipinski definition) is 6. The number of aliphatic hydroxyl groups is 2. The Morgan fingerprint density at radius 3 is 2.48 bits per heavy atom. The van der Waals surface area contributed by atoms with E-state index in [0.29, 0.717) is 71.0 Å². The van der Waals surface area contributed by atoms with Crippen LogP contribution in [0.3, 0.4) is 0 Å². The number of aryl methyl sites for hydroxylation is 1. The first-order valence-electron chi connectivity index (χ1n) is 27.7. The van der Waals surface area contributed by atoms with E-state index < -0.39 is 30.1 Å². The number of carbonyl (C=O) groups excluding carboxylic acids is 2. The molecule has 0 bridgehead atoms. The number of H-pyrrole nitrogens is 1. The van der Waals surface area contributed by atoms with Gasteiger partial charge in [-0.1, -0.05) is 67.6 Å². The van der Waals surface area contributed by atoms with Gasteiger partial charge in [0.1, 0.15) is 47.6 Å². The van der Waals surface area contributed by atoms with Gasteiger partial charge < -0.3 is 45.3 Å². The minimum absolute atomic E-state index is 0.0377. The number of rotatable bonds is 18. The summed E-state index contributed by atoms with van der Waals surface area (Å²) >= 11 is 1.54. The molecule has 1 saturated carbocycles. The van der Waals surface area contributed by atoms with E-state index in [1.807, 2.05) is 69.3 Å². The van der Waals surface area contributed by atoms with Crippen LogP contribution < -0.4 is 25.4 Å². The van der Waals surface area contributed by atoms with Crippen molar-refractivity contribution in [2.75, 3.05) is 44.8 Å². The molecule has 4 aliphatic rings. The molecule has 0 radical (unpaired) electrons. The molecule has 4 aromatic heterocycles. The monoisotopic (exact) mass is 1100 g/mol. The molecule has 416 valence electrons. The highest BCUT2D eigenvalue weighted by Crippen LogP contribution is 2.53. The minimum Gasteiger partial charge on any atom is -0.486 e. The smallest absolute Gasteiger partial charge is 0.319 e. The number of carbonyl (C=O) groups is 2. The zero-order valence-corrected chi connectivity index (χ0v) is 45.9. The molecular formula is C59H65FN12O7S. The van der Waals surface area contributed by atoms with Crippen molar-refractivity contribution in [2.45, 2.75) is 115 Å². The number of fused-ring (bicyclic) bond motifs is 2. The van der Waals surface area contributed by atoms with Crippen molar-refractivity contribution in [1.82, 2.24) is 55.7 Å². The molecule has 3 aliphatic heterocycles. The lowest BCUT2D eigenvalue weighted by Crippen LogP contribution is -2.50.